The minimum atomic E-state index is -4.40. The number of thiazole rings is 1. The standard InChI is InChI=1S/C21H19F3N2O2S/c1-14-2-4-15(5-3-14)20-26-17(13-29-20)10-11-25-19(27)12-28-18-8-6-16(7-9-18)21(22,23)24/h2-9,13H,10-12H2,1H3,(H,25,27). The van der Waals surface area contributed by atoms with E-state index in [4.69, 9.17) is 4.74 Å². The first kappa shape index (κ1) is 20.9. The van der Waals surface area contributed by atoms with Gasteiger partial charge in [0.05, 0.1) is 11.3 Å². The molecule has 1 aromatic heterocycles. The quantitative estimate of drug-likeness (QED) is 0.593. The summed E-state index contributed by atoms with van der Waals surface area (Å²) in [6, 6.07) is 12.3. The van der Waals surface area contributed by atoms with Crippen molar-refractivity contribution in [2.24, 2.45) is 0 Å². The molecule has 4 nitrogen and oxygen atoms in total. The number of amides is 1. The van der Waals surface area contributed by atoms with Gasteiger partial charge in [0.15, 0.2) is 6.61 Å². The number of rotatable bonds is 7. The number of carbonyl (C=O) groups excluding carboxylic acids is 1. The number of carbonyl (C=O) groups is 1. The van der Waals surface area contributed by atoms with Crippen molar-refractivity contribution in [1.82, 2.24) is 10.3 Å². The fourth-order valence-corrected chi connectivity index (χ4v) is 3.38. The first-order valence-corrected chi connectivity index (χ1v) is 9.77. The first-order valence-electron chi connectivity index (χ1n) is 8.89. The highest BCUT2D eigenvalue weighted by molar-refractivity contribution is 7.13. The van der Waals surface area contributed by atoms with E-state index >= 15 is 0 Å². The lowest BCUT2D eigenvalue weighted by Crippen LogP contribution is -2.30. The summed E-state index contributed by atoms with van der Waals surface area (Å²) in [5.74, 6) is -0.144. The normalized spacial score (nSPS) is 11.3. The molecular formula is C21H19F3N2O2S. The van der Waals surface area contributed by atoms with Crippen molar-refractivity contribution in [2.45, 2.75) is 19.5 Å². The molecule has 0 aliphatic rings. The van der Waals surface area contributed by atoms with Gasteiger partial charge in [-0.1, -0.05) is 29.8 Å². The molecular weight excluding hydrogens is 401 g/mol. The molecule has 0 bridgehead atoms. The highest BCUT2D eigenvalue weighted by Crippen LogP contribution is 2.30. The molecule has 0 radical (unpaired) electrons. The predicted octanol–water partition coefficient (Wildman–Crippen LogP) is 4.88. The lowest BCUT2D eigenvalue weighted by atomic mass is 10.2. The Balaban J connectivity index is 1.41. The molecule has 0 unspecified atom stereocenters. The van der Waals surface area contributed by atoms with Crippen LogP contribution >= 0.6 is 11.3 Å². The van der Waals surface area contributed by atoms with Crippen molar-refractivity contribution in [2.75, 3.05) is 13.2 Å². The highest BCUT2D eigenvalue weighted by atomic mass is 32.1. The third kappa shape index (κ3) is 6.05. The van der Waals surface area contributed by atoms with E-state index in [1.54, 1.807) is 11.3 Å². The third-order valence-corrected chi connectivity index (χ3v) is 5.05. The zero-order valence-corrected chi connectivity index (χ0v) is 16.4. The second kappa shape index (κ2) is 9.09. The van der Waals surface area contributed by atoms with Gasteiger partial charge in [-0.25, -0.2) is 4.98 Å². The Morgan fingerprint density at radius 2 is 1.79 bits per heavy atom. The molecule has 2 aromatic carbocycles. The molecule has 29 heavy (non-hydrogen) atoms. The monoisotopic (exact) mass is 420 g/mol. The van der Waals surface area contributed by atoms with E-state index in [-0.39, 0.29) is 18.3 Å². The summed E-state index contributed by atoms with van der Waals surface area (Å²) in [7, 11) is 0. The van der Waals surface area contributed by atoms with E-state index in [1.807, 2.05) is 36.6 Å². The maximum absolute atomic E-state index is 12.5. The van der Waals surface area contributed by atoms with Crippen LogP contribution in [-0.2, 0) is 17.4 Å². The number of hydrogen-bond acceptors (Lipinski definition) is 4. The van der Waals surface area contributed by atoms with Gasteiger partial charge in [-0.3, -0.25) is 4.79 Å². The Kier molecular flexibility index (Phi) is 6.53. The van der Waals surface area contributed by atoms with Crippen molar-refractivity contribution in [1.29, 1.82) is 0 Å². The number of hydrogen-bond donors (Lipinski definition) is 1. The maximum atomic E-state index is 12.5. The van der Waals surface area contributed by atoms with E-state index in [0.717, 1.165) is 28.4 Å². The van der Waals surface area contributed by atoms with Gasteiger partial charge in [0.1, 0.15) is 10.8 Å². The van der Waals surface area contributed by atoms with Crippen molar-refractivity contribution in [3.63, 3.8) is 0 Å². The van der Waals surface area contributed by atoms with Crippen LogP contribution in [-0.4, -0.2) is 24.0 Å². The van der Waals surface area contributed by atoms with E-state index in [9.17, 15) is 18.0 Å². The molecule has 0 atom stereocenters. The fraction of sp³-hybridized carbons (Fsp3) is 0.238. The van der Waals surface area contributed by atoms with Crippen molar-refractivity contribution >= 4 is 17.2 Å². The largest absolute Gasteiger partial charge is 0.484 e. The van der Waals surface area contributed by atoms with Crippen LogP contribution in [0.4, 0.5) is 13.2 Å². The van der Waals surface area contributed by atoms with Gasteiger partial charge in [-0.05, 0) is 31.2 Å². The molecule has 1 heterocycles. The number of ether oxygens (including phenoxy) is 1. The molecule has 152 valence electrons. The van der Waals surface area contributed by atoms with Crippen LogP contribution in [0.5, 0.6) is 5.75 Å². The van der Waals surface area contributed by atoms with Crippen LogP contribution in [0.2, 0.25) is 0 Å². The van der Waals surface area contributed by atoms with E-state index < -0.39 is 11.7 Å². The van der Waals surface area contributed by atoms with Gasteiger partial charge >= 0.3 is 6.18 Å². The molecule has 3 rings (SSSR count). The average Bonchev–Trinajstić information content (AvgIpc) is 3.15. The van der Waals surface area contributed by atoms with Crippen LogP contribution < -0.4 is 10.1 Å². The molecule has 0 saturated heterocycles. The first-order chi connectivity index (χ1) is 13.8. The lowest BCUT2D eigenvalue weighted by Gasteiger charge is -2.09. The molecule has 8 heteroatoms. The molecule has 0 saturated carbocycles. The summed E-state index contributed by atoms with van der Waals surface area (Å²) in [6.07, 6.45) is -3.82. The third-order valence-electron chi connectivity index (χ3n) is 4.11. The smallest absolute Gasteiger partial charge is 0.416 e. The number of nitrogens with one attached hydrogen (secondary N) is 1. The Morgan fingerprint density at radius 1 is 1.10 bits per heavy atom. The second-order valence-corrected chi connectivity index (χ2v) is 7.28. The lowest BCUT2D eigenvalue weighted by molar-refractivity contribution is -0.137. The zero-order valence-electron chi connectivity index (χ0n) is 15.6. The number of aryl methyl sites for hydroxylation is 1. The molecule has 0 aliphatic heterocycles. The minimum Gasteiger partial charge on any atom is -0.484 e. The molecule has 1 amide bonds. The summed E-state index contributed by atoms with van der Waals surface area (Å²) in [5, 5.41) is 5.60. The van der Waals surface area contributed by atoms with Crippen LogP contribution in [0.3, 0.4) is 0 Å². The van der Waals surface area contributed by atoms with E-state index in [0.29, 0.717) is 13.0 Å². The topological polar surface area (TPSA) is 51.2 Å². The zero-order chi connectivity index (χ0) is 20.9. The van der Waals surface area contributed by atoms with Gasteiger partial charge in [-0.15, -0.1) is 11.3 Å². The number of aromatic nitrogens is 1. The minimum absolute atomic E-state index is 0.204. The van der Waals surface area contributed by atoms with Gasteiger partial charge in [0, 0.05) is 23.9 Å². The van der Waals surface area contributed by atoms with E-state index in [2.05, 4.69) is 10.3 Å². The van der Waals surface area contributed by atoms with Crippen molar-refractivity contribution in [3.05, 3.63) is 70.7 Å². The van der Waals surface area contributed by atoms with Crippen LogP contribution in [0, 0.1) is 6.92 Å². The fourth-order valence-electron chi connectivity index (χ4n) is 2.52. The molecule has 0 spiro atoms. The number of benzene rings is 2. The Labute approximate surface area is 170 Å². The SMILES string of the molecule is Cc1ccc(-c2nc(CCNC(=O)COc3ccc(C(F)(F)F)cc3)cs2)cc1. The Bertz CT molecular complexity index is 951. The molecule has 1 N–H and O–H groups in total. The van der Waals surface area contributed by atoms with Gasteiger partial charge in [0.25, 0.3) is 5.91 Å². The van der Waals surface area contributed by atoms with Gasteiger partial charge in [0.2, 0.25) is 0 Å². The summed E-state index contributed by atoms with van der Waals surface area (Å²) < 4.78 is 42.8. The summed E-state index contributed by atoms with van der Waals surface area (Å²) in [4.78, 5) is 16.4. The summed E-state index contributed by atoms with van der Waals surface area (Å²) >= 11 is 1.55. The van der Waals surface area contributed by atoms with Crippen LogP contribution in [0.15, 0.2) is 53.9 Å². The number of alkyl halides is 3. The number of halogens is 3. The second-order valence-electron chi connectivity index (χ2n) is 6.42. The van der Waals surface area contributed by atoms with Crippen molar-refractivity contribution in [3.8, 4) is 16.3 Å². The highest BCUT2D eigenvalue weighted by Gasteiger charge is 2.30. The van der Waals surface area contributed by atoms with Gasteiger partial charge < -0.3 is 10.1 Å². The van der Waals surface area contributed by atoms with Crippen LogP contribution in [0.1, 0.15) is 16.8 Å². The average molecular weight is 420 g/mol. The maximum Gasteiger partial charge on any atom is 0.416 e. The summed E-state index contributed by atoms with van der Waals surface area (Å²) in [6.45, 7) is 2.16. The van der Waals surface area contributed by atoms with E-state index in [1.165, 1.54) is 17.7 Å². The molecule has 0 fully saturated rings. The molecule has 3 aromatic rings. The Morgan fingerprint density at radius 3 is 2.45 bits per heavy atom. The summed E-state index contributed by atoms with van der Waals surface area (Å²) in [5.41, 5.74) is 2.37. The predicted molar refractivity (Wildman–Crippen MR) is 106 cm³/mol. The Hall–Kier alpha value is -2.87. The van der Waals surface area contributed by atoms with Crippen molar-refractivity contribution < 1.29 is 22.7 Å². The number of nitrogens with zero attached hydrogens (tertiary/aromatic N) is 1. The van der Waals surface area contributed by atoms with Gasteiger partial charge in [-0.2, -0.15) is 13.2 Å². The molecule has 0 aliphatic carbocycles. The van der Waals surface area contributed by atoms with Crippen LogP contribution in [0.25, 0.3) is 10.6 Å².